The smallest absolute Gasteiger partial charge is 0.0217 e. The van der Waals surface area contributed by atoms with E-state index >= 15 is 0 Å². The number of nitrogens with one attached hydrogen (secondary N) is 1. The van der Waals surface area contributed by atoms with Crippen LogP contribution in [0.1, 0.15) is 59.3 Å². The molecular weight excluding hydrogens is 220 g/mol. The average molecular weight is 252 g/mol. The molecule has 0 bridgehead atoms. The summed E-state index contributed by atoms with van der Waals surface area (Å²) in [4.78, 5) is 2.75. The lowest BCUT2D eigenvalue weighted by Crippen LogP contribution is -2.44. The van der Waals surface area contributed by atoms with Gasteiger partial charge in [0.2, 0.25) is 0 Å². The molecule has 1 saturated heterocycles. The molecule has 0 radical (unpaired) electrons. The maximum Gasteiger partial charge on any atom is 0.0217 e. The molecule has 18 heavy (non-hydrogen) atoms. The van der Waals surface area contributed by atoms with E-state index < -0.39 is 0 Å². The van der Waals surface area contributed by atoms with Crippen molar-refractivity contribution in [1.29, 1.82) is 0 Å². The quantitative estimate of drug-likeness (QED) is 0.829. The first-order valence-corrected chi connectivity index (χ1v) is 8.05. The maximum atomic E-state index is 3.72. The SMILES string of the molecule is CC(C)C1CN(CC2(C)CCCCC2)CCCN1. The standard InChI is InChI=1S/C16H32N2/c1-14(2)15-12-18(11-7-10-17-15)13-16(3)8-5-4-6-9-16/h14-15,17H,4-13H2,1-3H3. The van der Waals surface area contributed by atoms with Crippen molar-refractivity contribution in [2.45, 2.75) is 65.3 Å². The van der Waals surface area contributed by atoms with Gasteiger partial charge in [0.25, 0.3) is 0 Å². The maximum absolute atomic E-state index is 3.72. The highest BCUT2D eigenvalue weighted by Gasteiger charge is 2.30. The molecule has 2 heteroatoms. The Labute approximate surface area is 114 Å². The Balaban J connectivity index is 1.90. The van der Waals surface area contributed by atoms with Crippen LogP contribution in [-0.2, 0) is 0 Å². The van der Waals surface area contributed by atoms with E-state index in [4.69, 9.17) is 0 Å². The molecule has 0 amide bonds. The molecule has 2 nitrogen and oxygen atoms in total. The van der Waals surface area contributed by atoms with Gasteiger partial charge in [-0.3, -0.25) is 0 Å². The molecule has 1 aliphatic carbocycles. The van der Waals surface area contributed by atoms with Gasteiger partial charge in [-0.05, 0) is 43.7 Å². The van der Waals surface area contributed by atoms with Crippen LogP contribution in [0.4, 0.5) is 0 Å². The van der Waals surface area contributed by atoms with E-state index in [1.54, 1.807) is 0 Å². The Hall–Kier alpha value is -0.0800. The number of hydrogen-bond acceptors (Lipinski definition) is 2. The molecule has 106 valence electrons. The van der Waals surface area contributed by atoms with Gasteiger partial charge < -0.3 is 10.2 Å². The first kappa shape index (κ1) is 14.3. The number of nitrogens with zero attached hydrogens (tertiary/aromatic N) is 1. The topological polar surface area (TPSA) is 15.3 Å². The third kappa shape index (κ3) is 3.96. The molecule has 0 aromatic heterocycles. The van der Waals surface area contributed by atoms with Crippen molar-refractivity contribution in [2.75, 3.05) is 26.2 Å². The highest BCUT2D eigenvalue weighted by Crippen LogP contribution is 2.36. The van der Waals surface area contributed by atoms with Gasteiger partial charge in [-0.1, -0.05) is 40.0 Å². The molecule has 1 saturated carbocycles. The van der Waals surface area contributed by atoms with Gasteiger partial charge in [-0.15, -0.1) is 0 Å². The molecule has 1 unspecified atom stereocenters. The molecule has 2 rings (SSSR count). The van der Waals surface area contributed by atoms with Gasteiger partial charge in [0.15, 0.2) is 0 Å². The minimum atomic E-state index is 0.601. The van der Waals surface area contributed by atoms with Crippen LogP contribution < -0.4 is 5.32 Å². The molecule has 0 aromatic carbocycles. The summed E-state index contributed by atoms with van der Waals surface area (Å²) < 4.78 is 0. The fourth-order valence-electron chi connectivity index (χ4n) is 3.72. The van der Waals surface area contributed by atoms with Crippen LogP contribution in [0, 0.1) is 11.3 Å². The van der Waals surface area contributed by atoms with Crippen LogP contribution in [0.5, 0.6) is 0 Å². The normalized spacial score (nSPS) is 30.3. The van der Waals surface area contributed by atoms with Gasteiger partial charge >= 0.3 is 0 Å². The summed E-state index contributed by atoms with van der Waals surface area (Å²) >= 11 is 0. The van der Waals surface area contributed by atoms with E-state index in [0.717, 1.165) is 5.92 Å². The minimum Gasteiger partial charge on any atom is -0.312 e. The van der Waals surface area contributed by atoms with Crippen LogP contribution in [-0.4, -0.2) is 37.1 Å². The molecule has 2 fully saturated rings. The third-order valence-electron chi connectivity index (χ3n) is 4.98. The molecule has 2 aliphatic rings. The second kappa shape index (κ2) is 6.38. The van der Waals surface area contributed by atoms with Crippen molar-refractivity contribution < 1.29 is 0 Å². The molecular formula is C16H32N2. The van der Waals surface area contributed by atoms with Crippen molar-refractivity contribution in [1.82, 2.24) is 10.2 Å². The zero-order valence-corrected chi connectivity index (χ0v) is 12.7. The third-order valence-corrected chi connectivity index (χ3v) is 4.98. The molecule has 0 spiro atoms. The van der Waals surface area contributed by atoms with E-state index in [9.17, 15) is 0 Å². The van der Waals surface area contributed by atoms with Crippen LogP contribution in [0.2, 0.25) is 0 Å². The van der Waals surface area contributed by atoms with E-state index in [0.29, 0.717) is 11.5 Å². The Morgan fingerprint density at radius 1 is 1.17 bits per heavy atom. The van der Waals surface area contributed by atoms with Gasteiger partial charge in [0, 0.05) is 19.1 Å². The zero-order chi connectivity index (χ0) is 13.0. The predicted octanol–water partition coefficient (Wildman–Crippen LogP) is 3.28. The fourth-order valence-corrected chi connectivity index (χ4v) is 3.72. The van der Waals surface area contributed by atoms with E-state index in [1.165, 1.54) is 64.7 Å². The van der Waals surface area contributed by atoms with Crippen LogP contribution in [0.25, 0.3) is 0 Å². The van der Waals surface area contributed by atoms with E-state index in [2.05, 4.69) is 31.0 Å². The van der Waals surface area contributed by atoms with Gasteiger partial charge in [-0.2, -0.15) is 0 Å². The summed E-state index contributed by atoms with van der Waals surface area (Å²) in [5, 5.41) is 3.72. The van der Waals surface area contributed by atoms with Crippen molar-refractivity contribution in [3.63, 3.8) is 0 Å². The zero-order valence-electron chi connectivity index (χ0n) is 12.7. The van der Waals surface area contributed by atoms with E-state index in [-0.39, 0.29) is 0 Å². The van der Waals surface area contributed by atoms with Crippen molar-refractivity contribution in [3.8, 4) is 0 Å². The molecule has 1 atom stereocenters. The highest BCUT2D eigenvalue weighted by molar-refractivity contribution is 4.85. The summed E-state index contributed by atoms with van der Waals surface area (Å²) in [5.74, 6) is 0.754. The minimum absolute atomic E-state index is 0.601. The Bertz CT molecular complexity index is 243. The summed E-state index contributed by atoms with van der Waals surface area (Å²) in [6.07, 6.45) is 8.59. The lowest BCUT2D eigenvalue weighted by molar-refractivity contribution is 0.115. The summed E-state index contributed by atoms with van der Waals surface area (Å²) in [6.45, 7) is 12.3. The second-order valence-corrected chi connectivity index (χ2v) is 7.26. The first-order valence-electron chi connectivity index (χ1n) is 8.05. The summed E-state index contributed by atoms with van der Waals surface area (Å²) in [7, 11) is 0. The van der Waals surface area contributed by atoms with Crippen molar-refractivity contribution in [3.05, 3.63) is 0 Å². The van der Waals surface area contributed by atoms with Gasteiger partial charge in [-0.25, -0.2) is 0 Å². The molecule has 1 N–H and O–H groups in total. The van der Waals surface area contributed by atoms with Gasteiger partial charge in [0.05, 0.1) is 0 Å². The number of rotatable bonds is 3. The van der Waals surface area contributed by atoms with Crippen LogP contribution in [0.3, 0.4) is 0 Å². The van der Waals surface area contributed by atoms with Crippen LogP contribution >= 0.6 is 0 Å². The lowest BCUT2D eigenvalue weighted by Gasteiger charge is -2.39. The first-order chi connectivity index (χ1) is 8.59. The largest absolute Gasteiger partial charge is 0.312 e. The Kier molecular flexibility index (Phi) is 5.08. The van der Waals surface area contributed by atoms with Crippen molar-refractivity contribution in [2.24, 2.45) is 11.3 Å². The Morgan fingerprint density at radius 3 is 2.56 bits per heavy atom. The molecule has 1 heterocycles. The summed E-state index contributed by atoms with van der Waals surface area (Å²) in [5.41, 5.74) is 0.601. The van der Waals surface area contributed by atoms with Crippen molar-refractivity contribution >= 4 is 0 Å². The lowest BCUT2D eigenvalue weighted by atomic mass is 9.75. The predicted molar refractivity (Wildman–Crippen MR) is 78.9 cm³/mol. The summed E-state index contributed by atoms with van der Waals surface area (Å²) in [6, 6.07) is 0.694. The fraction of sp³-hybridized carbons (Fsp3) is 1.00. The van der Waals surface area contributed by atoms with Gasteiger partial charge in [0.1, 0.15) is 0 Å². The monoisotopic (exact) mass is 252 g/mol. The Morgan fingerprint density at radius 2 is 1.89 bits per heavy atom. The van der Waals surface area contributed by atoms with Crippen LogP contribution in [0.15, 0.2) is 0 Å². The number of hydrogen-bond donors (Lipinski definition) is 1. The second-order valence-electron chi connectivity index (χ2n) is 7.26. The molecule has 1 aliphatic heterocycles. The molecule has 0 aromatic rings. The highest BCUT2D eigenvalue weighted by atomic mass is 15.2. The van der Waals surface area contributed by atoms with E-state index in [1.807, 2.05) is 0 Å². The average Bonchev–Trinajstić information content (AvgIpc) is 2.55.